The van der Waals surface area contributed by atoms with Crippen molar-refractivity contribution in [1.29, 1.82) is 0 Å². The van der Waals surface area contributed by atoms with Gasteiger partial charge in [-0.25, -0.2) is 9.97 Å². The van der Waals surface area contributed by atoms with Crippen molar-refractivity contribution in [3.05, 3.63) is 36.4 Å². The van der Waals surface area contributed by atoms with E-state index in [-0.39, 0.29) is 12.0 Å². The van der Waals surface area contributed by atoms with Crippen LogP contribution in [0.4, 0.5) is 5.82 Å². The standard InChI is InChI=1S/C16H21N5O2/c1-19(2)14-15(18-8-7-17-14)23-12-6-10-21(11-12)16(22)13-5-4-9-20(13)3/h4-5,7-9,12H,6,10-11H2,1-3H3. The molecule has 0 saturated carbocycles. The summed E-state index contributed by atoms with van der Waals surface area (Å²) >= 11 is 0. The number of nitrogens with zero attached hydrogens (tertiary/aromatic N) is 5. The summed E-state index contributed by atoms with van der Waals surface area (Å²) in [6.07, 6.45) is 5.86. The van der Waals surface area contributed by atoms with Gasteiger partial charge < -0.3 is 19.1 Å². The van der Waals surface area contributed by atoms with Crippen molar-refractivity contribution in [2.24, 2.45) is 7.05 Å². The molecule has 1 aliphatic rings. The molecule has 23 heavy (non-hydrogen) atoms. The number of aryl methyl sites for hydroxylation is 1. The molecule has 0 radical (unpaired) electrons. The van der Waals surface area contributed by atoms with E-state index in [4.69, 9.17) is 4.74 Å². The van der Waals surface area contributed by atoms with E-state index in [1.54, 1.807) is 12.4 Å². The van der Waals surface area contributed by atoms with Crippen molar-refractivity contribution in [2.75, 3.05) is 32.1 Å². The Hall–Kier alpha value is -2.57. The van der Waals surface area contributed by atoms with Gasteiger partial charge in [-0.3, -0.25) is 4.79 Å². The largest absolute Gasteiger partial charge is 0.470 e. The first-order valence-electron chi connectivity index (χ1n) is 7.62. The third-order valence-corrected chi connectivity index (χ3v) is 3.94. The SMILES string of the molecule is CN(C)c1nccnc1OC1CCN(C(=O)c2cccn2C)C1. The first-order chi connectivity index (χ1) is 11.1. The molecule has 1 unspecified atom stereocenters. The fraction of sp³-hybridized carbons (Fsp3) is 0.438. The lowest BCUT2D eigenvalue weighted by Gasteiger charge is -2.19. The average Bonchev–Trinajstić information content (AvgIpc) is 3.16. The molecule has 1 amide bonds. The Kier molecular flexibility index (Phi) is 4.18. The van der Waals surface area contributed by atoms with E-state index < -0.39 is 0 Å². The average molecular weight is 315 g/mol. The molecule has 1 saturated heterocycles. The summed E-state index contributed by atoms with van der Waals surface area (Å²) in [7, 11) is 5.67. The zero-order chi connectivity index (χ0) is 16.4. The molecule has 0 spiro atoms. The van der Waals surface area contributed by atoms with Gasteiger partial charge in [0.1, 0.15) is 11.8 Å². The number of anilines is 1. The summed E-state index contributed by atoms with van der Waals surface area (Å²) in [5.41, 5.74) is 0.694. The van der Waals surface area contributed by atoms with Crippen LogP contribution < -0.4 is 9.64 Å². The second-order valence-electron chi connectivity index (χ2n) is 5.86. The van der Waals surface area contributed by atoms with Gasteiger partial charge in [0, 0.05) is 52.7 Å². The van der Waals surface area contributed by atoms with Gasteiger partial charge >= 0.3 is 0 Å². The quantitative estimate of drug-likeness (QED) is 0.847. The minimum atomic E-state index is -0.0605. The van der Waals surface area contributed by atoms with Gasteiger partial charge in [0.2, 0.25) is 0 Å². The highest BCUT2D eigenvalue weighted by Crippen LogP contribution is 2.24. The van der Waals surface area contributed by atoms with E-state index in [0.29, 0.717) is 30.5 Å². The van der Waals surface area contributed by atoms with Crippen molar-refractivity contribution in [3.63, 3.8) is 0 Å². The normalized spacial score (nSPS) is 17.3. The minimum absolute atomic E-state index is 0.0376. The maximum atomic E-state index is 12.5. The summed E-state index contributed by atoms with van der Waals surface area (Å²) in [4.78, 5) is 24.8. The molecule has 2 aromatic heterocycles. The van der Waals surface area contributed by atoms with Crippen molar-refractivity contribution in [3.8, 4) is 5.88 Å². The number of amides is 1. The molecule has 1 atom stereocenters. The molecule has 3 heterocycles. The van der Waals surface area contributed by atoms with Gasteiger partial charge in [-0.05, 0) is 12.1 Å². The van der Waals surface area contributed by atoms with E-state index in [9.17, 15) is 4.79 Å². The molecule has 1 aliphatic heterocycles. The number of hydrogen-bond acceptors (Lipinski definition) is 5. The van der Waals surface area contributed by atoms with Crippen molar-refractivity contribution < 1.29 is 9.53 Å². The molecule has 3 rings (SSSR count). The molecule has 1 fully saturated rings. The van der Waals surface area contributed by atoms with Crippen LogP contribution in [0.5, 0.6) is 5.88 Å². The third kappa shape index (κ3) is 3.13. The number of likely N-dealkylation sites (tertiary alicyclic amines) is 1. The van der Waals surface area contributed by atoms with Crippen LogP contribution in [0.1, 0.15) is 16.9 Å². The van der Waals surface area contributed by atoms with E-state index in [0.717, 1.165) is 6.42 Å². The fourth-order valence-corrected chi connectivity index (χ4v) is 2.72. The second kappa shape index (κ2) is 6.28. The Morgan fingerprint density at radius 2 is 2.13 bits per heavy atom. The molecule has 122 valence electrons. The van der Waals surface area contributed by atoms with Crippen molar-refractivity contribution in [2.45, 2.75) is 12.5 Å². The van der Waals surface area contributed by atoms with Gasteiger partial charge in [0.25, 0.3) is 11.8 Å². The van der Waals surface area contributed by atoms with Gasteiger partial charge in [-0.2, -0.15) is 0 Å². The number of carbonyl (C=O) groups excluding carboxylic acids is 1. The highest BCUT2D eigenvalue weighted by molar-refractivity contribution is 5.93. The van der Waals surface area contributed by atoms with Crippen LogP contribution in [-0.2, 0) is 7.05 Å². The van der Waals surface area contributed by atoms with Gasteiger partial charge in [-0.15, -0.1) is 0 Å². The zero-order valence-electron chi connectivity index (χ0n) is 13.6. The third-order valence-electron chi connectivity index (χ3n) is 3.94. The van der Waals surface area contributed by atoms with Crippen LogP contribution in [0.25, 0.3) is 0 Å². The molecule has 7 heteroatoms. The smallest absolute Gasteiger partial charge is 0.270 e. The topological polar surface area (TPSA) is 63.5 Å². The van der Waals surface area contributed by atoms with Crippen molar-refractivity contribution >= 4 is 11.7 Å². The lowest BCUT2D eigenvalue weighted by atomic mass is 10.3. The maximum absolute atomic E-state index is 12.5. The van der Waals surface area contributed by atoms with Crippen molar-refractivity contribution in [1.82, 2.24) is 19.4 Å². The molecule has 7 nitrogen and oxygen atoms in total. The number of aromatic nitrogens is 3. The summed E-state index contributed by atoms with van der Waals surface area (Å²) in [6, 6.07) is 3.71. The Morgan fingerprint density at radius 3 is 2.83 bits per heavy atom. The van der Waals surface area contributed by atoms with Crippen LogP contribution in [0.15, 0.2) is 30.7 Å². The summed E-state index contributed by atoms with van der Waals surface area (Å²) in [5, 5.41) is 0. The van der Waals surface area contributed by atoms with E-state index in [2.05, 4.69) is 9.97 Å². The Morgan fingerprint density at radius 1 is 1.35 bits per heavy atom. The lowest BCUT2D eigenvalue weighted by molar-refractivity contribution is 0.0762. The highest BCUT2D eigenvalue weighted by Gasteiger charge is 2.30. The van der Waals surface area contributed by atoms with E-state index in [1.165, 1.54) is 0 Å². The number of hydrogen-bond donors (Lipinski definition) is 0. The number of ether oxygens (including phenoxy) is 1. The first-order valence-corrected chi connectivity index (χ1v) is 7.62. The monoisotopic (exact) mass is 315 g/mol. The van der Waals surface area contributed by atoms with Crippen LogP contribution in [-0.4, -0.2) is 58.6 Å². The van der Waals surface area contributed by atoms with E-state index in [1.807, 2.05) is 53.8 Å². The summed E-state index contributed by atoms with van der Waals surface area (Å²) in [6.45, 7) is 1.25. The molecule has 2 aromatic rings. The van der Waals surface area contributed by atoms with Crippen LogP contribution in [0, 0.1) is 0 Å². The first kappa shape index (κ1) is 15.3. The fourth-order valence-electron chi connectivity index (χ4n) is 2.72. The minimum Gasteiger partial charge on any atom is -0.470 e. The zero-order valence-corrected chi connectivity index (χ0v) is 13.6. The molecule has 0 aliphatic carbocycles. The van der Waals surface area contributed by atoms with Crippen LogP contribution in [0.3, 0.4) is 0 Å². The Bertz CT molecular complexity index is 697. The molecular weight excluding hydrogens is 294 g/mol. The predicted octanol–water partition coefficient (Wildman–Crippen LogP) is 1.17. The lowest BCUT2D eigenvalue weighted by Crippen LogP contribution is -2.32. The van der Waals surface area contributed by atoms with Gasteiger partial charge in [0.05, 0.1) is 6.54 Å². The highest BCUT2D eigenvalue weighted by atomic mass is 16.5. The summed E-state index contributed by atoms with van der Waals surface area (Å²) in [5.74, 6) is 1.24. The van der Waals surface area contributed by atoms with E-state index >= 15 is 0 Å². The number of rotatable bonds is 4. The number of carbonyl (C=O) groups is 1. The predicted molar refractivity (Wildman–Crippen MR) is 86.7 cm³/mol. The van der Waals surface area contributed by atoms with Gasteiger partial charge in [-0.1, -0.05) is 0 Å². The molecule has 0 N–H and O–H groups in total. The molecule has 0 aromatic carbocycles. The maximum Gasteiger partial charge on any atom is 0.270 e. The molecular formula is C16H21N5O2. The summed E-state index contributed by atoms with van der Waals surface area (Å²) < 4.78 is 7.82. The van der Waals surface area contributed by atoms with Gasteiger partial charge in [0.15, 0.2) is 5.82 Å². The Balaban J connectivity index is 1.67. The molecule has 0 bridgehead atoms. The van der Waals surface area contributed by atoms with Crippen LogP contribution in [0.2, 0.25) is 0 Å². The van der Waals surface area contributed by atoms with Crippen LogP contribution >= 0.6 is 0 Å². The second-order valence-corrected chi connectivity index (χ2v) is 5.86. The Labute approximate surface area is 135 Å².